The van der Waals surface area contributed by atoms with Crippen LogP contribution < -0.4 is 0 Å². The third-order valence-corrected chi connectivity index (χ3v) is 2.81. The Morgan fingerprint density at radius 2 is 2.31 bits per heavy atom. The van der Waals surface area contributed by atoms with Crippen LogP contribution in [0.4, 0.5) is 0 Å². The number of ether oxygens (including phenoxy) is 1. The van der Waals surface area contributed by atoms with E-state index in [1.54, 1.807) is 0 Å². The van der Waals surface area contributed by atoms with Crippen LogP contribution in [0.1, 0.15) is 44.8 Å². The van der Waals surface area contributed by atoms with Crippen LogP contribution in [0, 0.1) is 0 Å². The van der Waals surface area contributed by atoms with Crippen LogP contribution >= 0.6 is 0 Å². The molecule has 0 amide bonds. The second kappa shape index (κ2) is 4.33. The lowest BCUT2D eigenvalue weighted by molar-refractivity contribution is -0.116. The Bertz CT molecular complexity index is 380. The van der Waals surface area contributed by atoms with Gasteiger partial charge in [0.1, 0.15) is 11.4 Å². The zero-order valence-electron chi connectivity index (χ0n) is 9.65. The summed E-state index contributed by atoms with van der Waals surface area (Å²) in [5, 5.41) is 3.90. The van der Waals surface area contributed by atoms with E-state index in [2.05, 4.69) is 10.1 Å². The minimum absolute atomic E-state index is 0.0184. The van der Waals surface area contributed by atoms with E-state index < -0.39 is 5.60 Å². The van der Waals surface area contributed by atoms with E-state index in [0.717, 1.165) is 25.9 Å². The van der Waals surface area contributed by atoms with Crippen molar-refractivity contribution in [3.8, 4) is 0 Å². The molecular formula is C11H16N2O3. The van der Waals surface area contributed by atoms with Crippen LogP contribution in [-0.4, -0.2) is 22.5 Å². The number of hydrogen-bond donors (Lipinski definition) is 0. The van der Waals surface area contributed by atoms with Crippen LogP contribution in [0.25, 0.3) is 0 Å². The maximum absolute atomic E-state index is 10.9. The van der Waals surface area contributed by atoms with Crippen LogP contribution in [0.5, 0.6) is 0 Å². The molecule has 1 atom stereocenters. The van der Waals surface area contributed by atoms with Gasteiger partial charge in [0, 0.05) is 6.61 Å². The lowest BCUT2D eigenvalue weighted by atomic mass is 9.95. The molecule has 0 bridgehead atoms. The van der Waals surface area contributed by atoms with Gasteiger partial charge in [-0.25, -0.2) is 0 Å². The quantitative estimate of drug-likeness (QED) is 0.780. The second-order valence-electron chi connectivity index (χ2n) is 4.43. The summed E-state index contributed by atoms with van der Waals surface area (Å²) < 4.78 is 10.7. The first-order chi connectivity index (χ1) is 7.60. The van der Waals surface area contributed by atoms with Crippen molar-refractivity contribution in [2.45, 2.75) is 45.1 Å². The average molecular weight is 224 g/mol. The molecule has 1 aliphatic heterocycles. The van der Waals surface area contributed by atoms with Gasteiger partial charge >= 0.3 is 0 Å². The smallest absolute Gasteiger partial charge is 0.234 e. The highest BCUT2D eigenvalue weighted by Gasteiger charge is 2.34. The minimum Gasteiger partial charge on any atom is -0.367 e. The van der Waals surface area contributed by atoms with Gasteiger partial charge < -0.3 is 9.26 Å². The van der Waals surface area contributed by atoms with Crippen molar-refractivity contribution in [3.05, 3.63) is 11.7 Å². The van der Waals surface area contributed by atoms with E-state index >= 15 is 0 Å². The van der Waals surface area contributed by atoms with E-state index in [0.29, 0.717) is 11.7 Å². The van der Waals surface area contributed by atoms with Gasteiger partial charge in [0.2, 0.25) is 11.7 Å². The molecule has 1 saturated heterocycles. The Morgan fingerprint density at radius 1 is 1.50 bits per heavy atom. The van der Waals surface area contributed by atoms with E-state index in [-0.39, 0.29) is 12.2 Å². The molecule has 2 rings (SSSR count). The highest BCUT2D eigenvalue weighted by Crippen LogP contribution is 2.32. The molecule has 88 valence electrons. The van der Waals surface area contributed by atoms with Crippen LogP contribution in [-0.2, 0) is 21.6 Å². The highest BCUT2D eigenvalue weighted by molar-refractivity contribution is 5.77. The molecule has 1 fully saturated rings. The highest BCUT2D eigenvalue weighted by atomic mass is 16.5. The topological polar surface area (TPSA) is 65.2 Å². The van der Waals surface area contributed by atoms with E-state index in [1.807, 2.05) is 6.92 Å². The summed E-state index contributed by atoms with van der Waals surface area (Å²) in [6, 6.07) is 0. The fourth-order valence-electron chi connectivity index (χ4n) is 1.86. The number of ketones is 1. The van der Waals surface area contributed by atoms with Crippen molar-refractivity contribution in [1.82, 2.24) is 10.1 Å². The molecule has 5 nitrogen and oxygen atoms in total. The number of hydrogen-bond acceptors (Lipinski definition) is 5. The van der Waals surface area contributed by atoms with E-state index in [1.165, 1.54) is 6.92 Å². The number of carbonyl (C=O) groups is 1. The van der Waals surface area contributed by atoms with Gasteiger partial charge in [0.25, 0.3) is 0 Å². The molecular weight excluding hydrogens is 208 g/mol. The molecule has 1 aliphatic rings. The average Bonchev–Trinajstić information content (AvgIpc) is 2.67. The summed E-state index contributed by atoms with van der Waals surface area (Å²) >= 11 is 0. The number of aromatic nitrogens is 2. The second-order valence-corrected chi connectivity index (χ2v) is 4.43. The predicted molar refractivity (Wildman–Crippen MR) is 55.8 cm³/mol. The number of nitrogens with zero attached hydrogens (tertiary/aromatic N) is 2. The molecule has 1 aromatic rings. The fourth-order valence-corrected chi connectivity index (χ4v) is 1.86. The van der Waals surface area contributed by atoms with Crippen molar-refractivity contribution >= 4 is 5.78 Å². The summed E-state index contributed by atoms with van der Waals surface area (Å²) in [5.41, 5.74) is -0.448. The lowest BCUT2D eigenvalue weighted by Crippen LogP contribution is -2.31. The molecule has 0 aromatic carbocycles. The summed E-state index contributed by atoms with van der Waals surface area (Å²) in [5.74, 6) is 0.950. The van der Waals surface area contributed by atoms with Gasteiger partial charge in [0.05, 0.1) is 6.42 Å². The molecule has 5 heteroatoms. The van der Waals surface area contributed by atoms with Gasteiger partial charge in [-0.15, -0.1) is 0 Å². The van der Waals surface area contributed by atoms with Gasteiger partial charge in [-0.3, -0.25) is 4.79 Å². The number of Topliss-reactive ketones (excluding diaryl/α,β-unsaturated/α-hetero) is 1. The molecule has 0 aliphatic carbocycles. The van der Waals surface area contributed by atoms with Gasteiger partial charge in [0.15, 0.2) is 0 Å². The molecule has 0 saturated carbocycles. The third kappa shape index (κ3) is 2.29. The summed E-state index contributed by atoms with van der Waals surface area (Å²) in [7, 11) is 0. The van der Waals surface area contributed by atoms with Crippen molar-refractivity contribution in [1.29, 1.82) is 0 Å². The van der Waals surface area contributed by atoms with Gasteiger partial charge in [-0.2, -0.15) is 4.98 Å². The number of rotatable bonds is 3. The third-order valence-electron chi connectivity index (χ3n) is 2.81. The Kier molecular flexibility index (Phi) is 3.05. The first-order valence-corrected chi connectivity index (χ1v) is 5.57. The molecule has 1 aromatic heterocycles. The zero-order valence-corrected chi connectivity index (χ0v) is 9.65. The van der Waals surface area contributed by atoms with Gasteiger partial charge in [-0.05, 0) is 33.1 Å². The zero-order chi connectivity index (χ0) is 11.6. The first kappa shape index (κ1) is 11.3. The van der Waals surface area contributed by atoms with E-state index in [4.69, 9.17) is 9.26 Å². The molecule has 2 heterocycles. The molecule has 0 spiro atoms. The normalized spacial score (nSPS) is 25.6. The SMILES string of the molecule is CC(=O)Cc1nc(C2(C)CCCCO2)no1. The standard InChI is InChI=1S/C11H16N2O3/c1-8(14)7-9-12-10(13-16-9)11(2)5-3-4-6-15-11/h3-7H2,1-2H3. The lowest BCUT2D eigenvalue weighted by Gasteiger charge is -2.30. The fraction of sp³-hybridized carbons (Fsp3) is 0.727. The monoisotopic (exact) mass is 224 g/mol. The van der Waals surface area contributed by atoms with Gasteiger partial charge in [-0.1, -0.05) is 5.16 Å². The van der Waals surface area contributed by atoms with Crippen molar-refractivity contribution < 1.29 is 14.1 Å². The molecule has 16 heavy (non-hydrogen) atoms. The predicted octanol–water partition coefficient (Wildman–Crippen LogP) is 1.62. The minimum atomic E-state index is -0.448. The largest absolute Gasteiger partial charge is 0.367 e. The van der Waals surface area contributed by atoms with Crippen LogP contribution in [0.15, 0.2) is 4.52 Å². The summed E-state index contributed by atoms with van der Waals surface area (Å²) in [4.78, 5) is 15.1. The number of carbonyl (C=O) groups excluding carboxylic acids is 1. The molecule has 1 unspecified atom stereocenters. The van der Waals surface area contributed by atoms with Crippen molar-refractivity contribution in [2.24, 2.45) is 0 Å². The van der Waals surface area contributed by atoms with Crippen molar-refractivity contribution in [3.63, 3.8) is 0 Å². The first-order valence-electron chi connectivity index (χ1n) is 5.57. The van der Waals surface area contributed by atoms with E-state index in [9.17, 15) is 4.79 Å². The Labute approximate surface area is 94.2 Å². The maximum atomic E-state index is 10.9. The summed E-state index contributed by atoms with van der Waals surface area (Å²) in [6.45, 7) is 4.20. The maximum Gasteiger partial charge on any atom is 0.234 e. The Morgan fingerprint density at radius 3 is 2.94 bits per heavy atom. The Balaban J connectivity index is 2.13. The Hall–Kier alpha value is -1.23. The van der Waals surface area contributed by atoms with Crippen molar-refractivity contribution in [2.75, 3.05) is 6.61 Å². The molecule has 0 N–H and O–H groups in total. The molecule has 0 radical (unpaired) electrons. The summed E-state index contributed by atoms with van der Waals surface area (Å²) in [6.07, 6.45) is 3.27. The van der Waals surface area contributed by atoms with Crippen LogP contribution in [0.2, 0.25) is 0 Å². The van der Waals surface area contributed by atoms with Crippen LogP contribution in [0.3, 0.4) is 0 Å².